The summed E-state index contributed by atoms with van der Waals surface area (Å²) >= 11 is 6.04. The van der Waals surface area contributed by atoms with Gasteiger partial charge in [0.05, 0.1) is 11.6 Å². The van der Waals surface area contributed by atoms with Crippen LogP contribution in [0.3, 0.4) is 0 Å². The fraction of sp³-hybridized carbons (Fsp3) is 0.300. The molecule has 1 aliphatic carbocycles. The standard InChI is InChI=1S/C20H18ClNO3/c1-20(11-13-4-2-3-5-16(13)18(23)25-20)19(24)22-17-9-6-12-10-14(21)7-8-15(12)17/h2-5,7-8,10,17H,6,9,11H2,1H3,(H,22,24). The number of nitrogens with one attached hydrogen (secondary N) is 1. The van der Waals surface area contributed by atoms with Gasteiger partial charge < -0.3 is 10.1 Å². The molecule has 0 spiro atoms. The lowest BCUT2D eigenvalue weighted by atomic mass is 9.89. The molecule has 0 saturated heterocycles. The van der Waals surface area contributed by atoms with Crippen molar-refractivity contribution in [3.05, 3.63) is 69.7 Å². The lowest BCUT2D eigenvalue weighted by Crippen LogP contribution is -2.52. The van der Waals surface area contributed by atoms with E-state index in [-0.39, 0.29) is 11.9 Å². The van der Waals surface area contributed by atoms with E-state index >= 15 is 0 Å². The van der Waals surface area contributed by atoms with Crippen LogP contribution in [-0.2, 0) is 22.4 Å². The fourth-order valence-electron chi connectivity index (χ4n) is 3.71. The van der Waals surface area contributed by atoms with Crippen molar-refractivity contribution in [3.8, 4) is 0 Å². The molecule has 0 aromatic heterocycles. The maximum absolute atomic E-state index is 12.9. The van der Waals surface area contributed by atoms with Gasteiger partial charge in [0.25, 0.3) is 5.91 Å². The number of carbonyl (C=O) groups is 2. The number of cyclic esters (lactones) is 1. The van der Waals surface area contributed by atoms with Gasteiger partial charge in [-0.2, -0.15) is 0 Å². The molecule has 5 heteroatoms. The zero-order valence-corrected chi connectivity index (χ0v) is 14.6. The van der Waals surface area contributed by atoms with Crippen LogP contribution in [0.2, 0.25) is 5.02 Å². The number of amides is 1. The highest BCUT2D eigenvalue weighted by Crippen LogP contribution is 2.34. The van der Waals surface area contributed by atoms with E-state index < -0.39 is 11.6 Å². The molecule has 1 amide bonds. The van der Waals surface area contributed by atoms with Crippen LogP contribution in [0.5, 0.6) is 0 Å². The van der Waals surface area contributed by atoms with E-state index in [1.54, 1.807) is 19.1 Å². The van der Waals surface area contributed by atoms with Crippen LogP contribution in [0.4, 0.5) is 0 Å². The third-order valence-electron chi connectivity index (χ3n) is 5.05. The van der Waals surface area contributed by atoms with Gasteiger partial charge in [0.15, 0.2) is 5.60 Å². The summed E-state index contributed by atoms with van der Waals surface area (Å²) in [4.78, 5) is 25.2. The molecule has 2 aromatic rings. The van der Waals surface area contributed by atoms with Crippen molar-refractivity contribution in [2.45, 2.75) is 37.8 Å². The number of hydrogen-bond acceptors (Lipinski definition) is 3. The molecule has 2 unspecified atom stereocenters. The monoisotopic (exact) mass is 355 g/mol. The minimum Gasteiger partial charge on any atom is -0.445 e. The maximum atomic E-state index is 12.9. The Labute approximate surface area is 151 Å². The predicted octanol–water partition coefficient (Wildman–Crippen LogP) is 3.62. The van der Waals surface area contributed by atoms with E-state index in [2.05, 4.69) is 5.32 Å². The molecule has 2 aliphatic rings. The predicted molar refractivity (Wildman–Crippen MR) is 94.6 cm³/mol. The molecule has 2 atom stereocenters. The molecule has 0 saturated carbocycles. The van der Waals surface area contributed by atoms with Crippen molar-refractivity contribution in [3.63, 3.8) is 0 Å². The normalized spacial score (nSPS) is 24.2. The second kappa shape index (κ2) is 5.88. The van der Waals surface area contributed by atoms with E-state index in [9.17, 15) is 9.59 Å². The van der Waals surface area contributed by atoms with Gasteiger partial charge in [-0.3, -0.25) is 4.79 Å². The zero-order chi connectivity index (χ0) is 17.6. The van der Waals surface area contributed by atoms with Crippen molar-refractivity contribution in [1.82, 2.24) is 5.32 Å². The summed E-state index contributed by atoms with van der Waals surface area (Å²) in [6, 6.07) is 12.9. The third-order valence-corrected chi connectivity index (χ3v) is 5.29. The third kappa shape index (κ3) is 2.81. The van der Waals surface area contributed by atoms with Gasteiger partial charge in [0.1, 0.15) is 0 Å². The minimum absolute atomic E-state index is 0.0764. The summed E-state index contributed by atoms with van der Waals surface area (Å²) in [6.07, 6.45) is 2.07. The van der Waals surface area contributed by atoms with Crippen LogP contribution in [0.15, 0.2) is 42.5 Å². The van der Waals surface area contributed by atoms with Crippen molar-refractivity contribution >= 4 is 23.5 Å². The van der Waals surface area contributed by atoms with Gasteiger partial charge in [-0.25, -0.2) is 4.79 Å². The number of halogens is 1. The van der Waals surface area contributed by atoms with Crippen LogP contribution in [0.25, 0.3) is 0 Å². The molecule has 4 nitrogen and oxygen atoms in total. The first kappa shape index (κ1) is 16.2. The summed E-state index contributed by atoms with van der Waals surface area (Å²) < 4.78 is 5.51. The van der Waals surface area contributed by atoms with E-state index in [1.165, 1.54) is 0 Å². The van der Waals surface area contributed by atoms with Gasteiger partial charge >= 0.3 is 5.97 Å². The molecule has 25 heavy (non-hydrogen) atoms. The Kier molecular flexibility index (Phi) is 3.80. The Bertz CT molecular complexity index is 879. The van der Waals surface area contributed by atoms with Crippen molar-refractivity contribution in [2.75, 3.05) is 0 Å². The lowest BCUT2D eigenvalue weighted by Gasteiger charge is -2.34. The van der Waals surface area contributed by atoms with Gasteiger partial charge in [-0.1, -0.05) is 35.9 Å². The Morgan fingerprint density at radius 2 is 2.04 bits per heavy atom. The number of rotatable bonds is 2. The van der Waals surface area contributed by atoms with Gasteiger partial charge in [-0.05, 0) is 54.7 Å². The summed E-state index contributed by atoms with van der Waals surface area (Å²) in [7, 11) is 0. The average Bonchev–Trinajstić information content (AvgIpc) is 2.96. The molecule has 0 fully saturated rings. The summed E-state index contributed by atoms with van der Waals surface area (Å²) in [5, 5.41) is 3.76. The highest BCUT2D eigenvalue weighted by Gasteiger charge is 2.43. The van der Waals surface area contributed by atoms with Crippen LogP contribution in [0, 0.1) is 0 Å². The van der Waals surface area contributed by atoms with Crippen LogP contribution in [0.1, 0.15) is 46.4 Å². The van der Waals surface area contributed by atoms with Crippen molar-refractivity contribution < 1.29 is 14.3 Å². The fourth-order valence-corrected chi connectivity index (χ4v) is 3.90. The highest BCUT2D eigenvalue weighted by atomic mass is 35.5. The molecule has 0 bridgehead atoms. The smallest absolute Gasteiger partial charge is 0.339 e. The molecule has 0 radical (unpaired) electrons. The van der Waals surface area contributed by atoms with Gasteiger partial charge in [0.2, 0.25) is 0 Å². The molecule has 4 rings (SSSR count). The molecule has 1 aliphatic heterocycles. The lowest BCUT2D eigenvalue weighted by molar-refractivity contribution is -0.140. The topological polar surface area (TPSA) is 55.4 Å². The quantitative estimate of drug-likeness (QED) is 0.837. The number of carbonyl (C=O) groups excluding carboxylic acids is 2. The number of ether oxygens (including phenoxy) is 1. The Hall–Kier alpha value is -2.33. The van der Waals surface area contributed by atoms with E-state index in [4.69, 9.17) is 16.3 Å². The Morgan fingerprint density at radius 3 is 2.88 bits per heavy atom. The van der Waals surface area contributed by atoms with E-state index in [1.807, 2.05) is 30.3 Å². The van der Waals surface area contributed by atoms with Gasteiger partial charge in [0, 0.05) is 11.4 Å². The number of esters is 1. The molecule has 1 N–H and O–H groups in total. The molecule has 128 valence electrons. The molecular weight excluding hydrogens is 338 g/mol. The van der Waals surface area contributed by atoms with Crippen LogP contribution >= 0.6 is 11.6 Å². The summed E-state index contributed by atoms with van der Waals surface area (Å²) in [5.41, 5.74) is 2.43. The van der Waals surface area contributed by atoms with Gasteiger partial charge in [-0.15, -0.1) is 0 Å². The van der Waals surface area contributed by atoms with Crippen molar-refractivity contribution in [1.29, 1.82) is 0 Å². The largest absolute Gasteiger partial charge is 0.445 e. The number of fused-ring (bicyclic) bond motifs is 2. The van der Waals surface area contributed by atoms with E-state index in [0.29, 0.717) is 17.0 Å². The first-order valence-electron chi connectivity index (χ1n) is 8.37. The Morgan fingerprint density at radius 1 is 1.24 bits per heavy atom. The molecule has 2 aromatic carbocycles. The van der Waals surface area contributed by atoms with Crippen LogP contribution < -0.4 is 5.32 Å². The van der Waals surface area contributed by atoms with Crippen LogP contribution in [-0.4, -0.2) is 17.5 Å². The second-order valence-corrected chi connectivity index (χ2v) is 7.30. The highest BCUT2D eigenvalue weighted by molar-refractivity contribution is 6.30. The Balaban J connectivity index is 1.56. The number of aryl methyl sites for hydroxylation is 1. The average molecular weight is 356 g/mol. The van der Waals surface area contributed by atoms with Crippen molar-refractivity contribution in [2.24, 2.45) is 0 Å². The molecule has 1 heterocycles. The van der Waals surface area contributed by atoms with E-state index in [0.717, 1.165) is 29.5 Å². The summed E-state index contributed by atoms with van der Waals surface area (Å²) in [5.74, 6) is -0.707. The SMILES string of the molecule is CC1(C(=O)NC2CCc3cc(Cl)ccc32)Cc2ccccc2C(=O)O1. The molecular formula is C20H18ClNO3. The first-order valence-corrected chi connectivity index (χ1v) is 8.75. The first-order chi connectivity index (χ1) is 12.0. The maximum Gasteiger partial charge on any atom is 0.339 e. The minimum atomic E-state index is -1.19. The summed E-state index contributed by atoms with van der Waals surface area (Å²) in [6.45, 7) is 1.67. The number of benzene rings is 2. The number of hydrogen-bond donors (Lipinski definition) is 1. The second-order valence-electron chi connectivity index (χ2n) is 6.86. The zero-order valence-electron chi connectivity index (χ0n) is 13.8.